The smallest absolute Gasteiger partial charge is 0.345 e. The van der Waals surface area contributed by atoms with Crippen LogP contribution in [0.5, 0.6) is 0 Å². The second kappa shape index (κ2) is 9.92. The minimum Gasteiger partial charge on any atom is -0.354 e. The molecule has 1 aromatic rings. The molecule has 0 saturated carbocycles. The molecular weight excluding hydrogens is 348 g/mol. The zero-order valence-electron chi connectivity index (χ0n) is 12.8. The predicted molar refractivity (Wildman–Crippen MR) is 82.4 cm³/mol. The average molecular weight is 366 g/mol. The third kappa shape index (κ3) is 10.4. The van der Waals surface area contributed by atoms with Crippen molar-refractivity contribution in [1.82, 2.24) is 9.79 Å². The Balaban J connectivity index is 0.000000433. The van der Waals surface area contributed by atoms with Gasteiger partial charge in [-0.25, -0.2) is 21.6 Å². The van der Waals surface area contributed by atoms with Crippen LogP contribution < -0.4 is 4.89 Å². The van der Waals surface area contributed by atoms with Crippen molar-refractivity contribution < 1.29 is 31.3 Å². The lowest BCUT2D eigenvalue weighted by atomic mass is 10.4. The van der Waals surface area contributed by atoms with E-state index in [9.17, 15) is 26.4 Å². The largest absolute Gasteiger partial charge is 0.354 e. The third-order valence-corrected chi connectivity index (χ3v) is 3.68. The van der Waals surface area contributed by atoms with E-state index in [1.165, 1.54) is 25.1 Å². The molecule has 23 heavy (non-hydrogen) atoms. The number of likely N-dealkylation sites (N-methyl/N-ethyl adjacent to an activating group) is 1. The van der Waals surface area contributed by atoms with Gasteiger partial charge in [-0.3, -0.25) is 4.79 Å². The van der Waals surface area contributed by atoms with Crippen molar-refractivity contribution in [3.05, 3.63) is 30.3 Å². The standard InChI is InChI=1S/C7H8O2S.C5H10N2O5S/c1-10(8,9)7-5-3-2-4-6-7;1-4(8)7(2)3-5(9)12-6-13(10)11/h2-6H,1H3;13H,3H2,1-2H3,(H,6,10,11). The van der Waals surface area contributed by atoms with Crippen LogP contribution in [0.4, 0.5) is 0 Å². The summed E-state index contributed by atoms with van der Waals surface area (Å²) in [6.45, 7) is 0.973. The van der Waals surface area contributed by atoms with E-state index in [-0.39, 0.29) is 12.5 Å². The molecule has 130 valence electrons. The van der Waals surface area contributed by atoms with Gasteiger partial charge in [0.15, 0.2) is 9.84 Å². The highest BCUT2D eigenvalue weighted by Gasteiger charge is 2.09. The lowest BCUT2D eigenvalue weighted by Gasteiger charge is -2.12. The Morgan fingerprint density at radius 1 is 1.22 bits per heavy atom. The summed E-state index contributed by atoms with van der Waals surface area (Å²) in [6.07, 6.45) is 1.20. The molecule has 0 aliphatic carbocycles. The lowest BCUT2D eigenvalue weighted by molar-refractivity contribution is -0.150. The van der Waals surface area contributed by atoms with Gasteiger partial charge in [0, 0.05) is 20.2 Å². The summed E-state index contributed by atoms with van der Waals surface area (Å²) in [4.78, 5) is 28.3. The molecule has 1 N–H and O–H groups in total. The fourth-order valence-corrected chi connectivity index (χ4v) is 1.92. The molecule has 0 aliphatic rings. The summed E-state index contributed by atoms with van der Waals surface area (Å²) in [5.41, 5.74) is 0. The molecule has 0 bridgehead atoms. The van der Waals surface area contributed by atoms with Crippen LogP contribution in [0, 0.1) is 0 Å². The van der Waals surface area contributed by atoms with E-state index in [1.807, 2.05) is 0 Å². The summed E-state index contributed by atoms with van der Waals surface area (Å²) in [7, 11) is -4.58. The molecule has 1 amide bonds. The third-order valence-electron chi connectivity index (χ3n) is 2.31. The molecule has 0 spiro atoms. The Labute approximate surface area is 136 Å². The first kappa shape index (κ1) is 21.0. The Morgan fingerprint density at radius 3 is 2.09 bits per heavy atom. The summed E-state index contributed by atoms with van der Waals surface area (Å²) < 4.78 is 41.4. The molecule has 11 heteroatoms. The summed E-state index contributed by atoms with van der Waals surface area (Å²) >= 11 is 0. The average Bonchev–Trinajstić information content (AvgIpc) is 2.45. The number of amides is 1. The Hall–Kier alpha value is -1.98. The van der Waals surface area contributed by atoms with E-state index in [0.29, 0.717) is 4.90 Å². The van der Waals surface area contributed by atoms with Crippen LogP contribution in [-0.4, -0.2) is 53.5 Å². The minimum absolute atomic E-state index is 0.300. The Kier molecular flexibility index (Phi) is 9.07. The van der Waals surface area contributed by atoms with Crippen molar-refractivity contribution >= 4 is 32.6 Å². The lowest BCUT2D eigenvalue weighted by Crippen LogP contribution is -2.33. The maximum Gasteiger partial charge on any atom is 0.345 e. The molecular formula is C12H18N2O7S2. The quantitative estimate of drug-likeness (QED) is 0.512. The van der Waals surface area contributed by atoms with E-state index in [4.69, 9.17) is 0 Å². The fourth-order valence-electron chi connectivity index (χ4n) is 1.09. The minimum atomic E-state index is -3.00. The fraction of sp³-hybridized carbons (Fsp3) is 0.333. The van der Waals surface area contributed by atoms with Crippen LogP contribution >= 0.6 is 0 Å². The van der Waals surface area contributed by atoms with E-state index in [0.717, 1.165) is 4.90 Å². The number of thiol groups is 1. The van der Waals surface area contributed by atoms with E-state index in [1.54, 1.807) is 30.3 Å². The number of hydrogen-bond acceptors (Lipinski definition) is 7. The second-order valence-electron chi connectivity index (χ2n) is 4.28. The number of carbonyl (C=O) groups is 2. The van der Waals surface area contributed by atoms with Gasteiger partial charge in [0.1, 0.15) is 6.54 Å². The highest BCUT2D eigenvalue weighted by atomic mass is 32.2. The highest BCUT2D eigenvalue weighted by molar-refractivity contribution is 7.90. The molecule has 0 unspecified atom stereocenters. The van der Waals surface area contributed by atoms with Crippen molar-refractivity contribution in [2.75, 3.05) is 19.8 Å². The van der Waals surface area contributed by atoms with Gasteiger partial charge in [0.25, 0.3) is 0 Å². The first-order valence-corrected chi connectivity index (χ1v) is 9.17. The summed E-state index contributed by atoms with van der Waals surface area (Å²) in [6, 6.07) is 8.35. The number of hydrogen-bond donors (Lipinski definition) is 2. The summed E-state index contributed by atoms with van der Waals surface area (Å²) in [5.74, 6) is -1.17. The van der Waals surface area contributed by atoms with Crippen LogP contribution in [-0.2, 0) is 35.2 Å². The zero-order valence-corrected chi connectivity index (χ0v) is 14.5. The molecule has 0 radical (unpaired) electrons. The van der Waals surface area contributed by atoms with Crippen LogP contribution in [0.3, 0.4) is 0 Å². The second-order valence-corrected chi connectivity index (χ2v) is 7.00. The van der Waals surface area contributed by atoms with Gasteiger partial charge >= 0.3 is 5.97 Å². The molecule has 9 nitrogen and oxygen atoms in total. The normalized spacial score (nSPS) is 10.4. The van der Waals surface area contributed by atoms with Gasteiger partial charge < -0.3 is 9.74 Å². The van der Waals surface area contributed by atoms with Crippen molar-refractivity contribution in [2.45, 2.75) is 11.8 Å². The number of nitrogens with one attached hydrogen (secondary N) is 1. The number of nitrogens with zero attached hydrogens (tertiary/aromatic N) is 1. The molecule has 0 aromatic heterocycles. The maximum absolute atomic E-state index is 10.8. The molecule has 1 aromatic carbocycles. The van der Waals surface area contributed by atoms with E-state index >= 15 is 0 Å². The zero-order chi connectivity index (χ0) is 18.0. The molecule has 0 fully saturated rings. The van der Waals surface area contributed by atoms with Crippen LogP contribution in [0.2, 0.25) is 0 Å². The van der Waals surface area contributed by atoms with Crippen molar-refractivity contribution in [3.8, 4) is 0 Å². The van der Waals surface area contributed by atoms with Gasteiger partial charge in [-0.15, -0.1) is 0 Å². The van der Waals surface area contributed by atoms with Crippen molar-refractivity contribution in [2.24, 2.45) is 0 Å². The van der Waals surface area contributed by atoms with Gasteiger partial charge in [-0.05, 0) is 17.0 Å². The molecule has 0 aliphatic heterocycles. The number of sulfone groups is 1. The molecule has 0 atom stereocenters. The van der Waals surface area contributed by atoms with Crippen molar-refractivity contribution in [3.63, 3.8) is 0 Å². The van der Waals surface area contributed by atoms with Gasteiger partial charge in [-0.1, -0.05) is 18.2 Å². The van der Waals surface area contributed by atoms with Crippen LogP contribution in [0.25, 0.3) is 0 Å². The summed E-state index contributed by atoms with van der Waals surface area (Å²) in [5, 5.41) is 0. The van der Waals surface area contributed by atoms with E-state index < -0.39 is 26.7 Å². The molecule has 1 rings (SSSR count). The number of rotatable bonds is 5. The molecule has 0 heterocycles. The first-order chi connectivity index (χ1) is 10.5. The Bertz CT molecular complexity index is 691. The number of benzene rings is 1. The van der Waals surface area contributed by atoms with Gasteiger partial charge in [-0.2, -0.15) is 0 Å². The topological polar surface area (TPSA) is 127 Å². The van der Waals surface area contributed by atoms with Crippen LogP contribution in [0.1, 0.15) is 6.92 Å². The number of carbonyl (C=O) groups excluding carboxylic acids is 2. The maximum atomic E-state index is 10.8. The molecule has 0 saturated heterocycles. The van der Waals surface area contributed by atoms with E-state index in [2.05, 4.69) is 4.84 Å². The monoisotopic (exact) mass is 366 g/mol. The van der Waals surface area contributed by atoms with Gasteiger partial charge in [0.05, 0.1) is 4.90 Å². The van der Waals surface area contributed by atoms with Crippen molar-refractivity contribution in [1.29, 1.82) is 0 Å². The SMILES string of the molecule is CC(=O)N(C)CC(=O)ON[SH](=O)=O.CS(=O)(=O)c1ccccc1. The van der Waals surface area contributed by atoms with Crippen LogP contribution in [0.15, 0.2) is 35.2 Å². The highest BCUT2D eigenvalue weighted by Crippen LogP contribution is 2.05. The Morgan fingerprint density at radius 2 is 1.74 bits per heavy atom. The first-order valence-electron chi connectivity index (χ1n) is 6.10. The predicted octanol–water partition coefficient (Wildman–Crippen LogP) is -0.871. The van der Waals surface area contributed by atoms with Gasteiger partial charge in [0.2, 0.25) is 16.8 Å².